The van der Waals surface area contributed by atoms with E-state index in [0.717, 1.165) is 13.2 Å². The van der Waals surface area contributed by atoms with Gasteiger partial charge < -0.3 is 4.74 Å². The predicted octanol–water partition coefficient (Wildman–Crippen LogP) is 2.92. The van der Waals surface area contributed by atoms with Gasteiger partial charge in [-0.2, -0.15) is 0 Å². The van der Waals surface area contributed by atoms with Gasteiger partial charge in [-0.25, -0.2) is 0 Å². The lowest BCUT2D eigenvalue weighted by molar-refractivity contribution is 0.171. The van der Waals surface area contributed by atoms with Crippen LogP contribution >= 0.6 is 0 Å². The van der Waals surface area contributed by atoms with Crippen LogP contribution in [0.15, 0.2) is 12.2 Å². The average Bonchev–Trinajstić information content (AvgIpc) is 1.79. The number of rotatable bonds is 5. The van der Waals surface area contributed by atoms with Crippen molar-refractivity contribution >= 4 is 8.07 Å². The highest BCUT2D eigenvalue weighted by Crippen LogP contribution is 2.14. The van der Waals surface area contributed by atoms with Gasteiger partial charge in [0.25, 0.3) is 0 Å². The minimum Gasteiger partial charge on any atom is -0.377 e. The van der Waals surface area contributed by atoms with Crippen molar-refractivity contribution in [1.29, 1.82) is 0 Å². The molecule has 0 heterocycles. The minimum atomic E-state index is -0.950. The van der Waals surface area contributed by atoms with Crippen LogP contribution in [0.2, 0.25) is 25.7 Å². The van der Waals surface area contributed by atoms with E-state index in [1.54, 1.807) is 0 Å². The van der Waals surface area contributed by atoms with E-state index < -0.39 is 8.07 Å². The quantitative estimate of drug-likeness (QED) is 0.458. The summed E-state index contributed by atoms with van der Waals surface area (Å²) < 4.78 is 5.26. The summed E-state index contributed by atoms with van der Waals surface area (Å²) in [7, 11) is -0.950. The third kappa shape index (κ3) is 7.82. The fourth-order valence-corrected chi connectivity index (χ4v) is 2.65. The molecule has 0 aromatic heterocycles. The molecule has 0 unspecified atom stereocenters. The number of hydrogen-bond acceptors (Lipinski definition) is 1. The van der Waals surface area contributed by atoms with Crippen LogP contribution in [0.1, 0.15) is 6.92 Å². The molecule has 0 aliphatic heterocycles. The van der Waals surface area contributed by atoms with Gasteiger partial charge in [0.2, 0.25) is 0 Å². The standard InChI is InChI=1S/C9H20OSi/c1-6-10-7-9(2)8-11(3,4)5/h2,6-8H2,1,3-5H3. The van der Waals surface area contributed by atoms with Crippen LogP contribution in [0.25, 0.3) is 0 Å². The Bertz CT molecular complexity index is 124. The second kappa shape index (κ2) is 4.73. The summed E-state index contributed by atoms with van der Waals surface area (Å²) in [6, 6.07) is 1.19. The van der Waals surface area contributed by atoms with E-state index in [2.05, 4.69) is 26.2 Å². The van der Waals surface area contributed by atoms with Gasteiger partial charge in [-0.1, -0.05) is 31.8 Å². The first-order chi connectivity index (χ1) is 4.95. The van der Waals surface area contributed by atoms with Gasteiger partial charge in [-0.05, 0) is 13.0 Å². The second-order valence-electron chi connectivity index (χ2n) is 4.12. The Morgan fingerprint density at radius 3 is 2.27 bits per heavy atom. The Kier molecular flexibility index (Phi) is 4.69. The Morgan fingerprint density at radius 1 is 1.36 bits per heavy atom. The molecule has 1 nitrogen and oxygen atoms in total. The lowest BCUT2D eigenvalue weighted by Gasteiger charge is -2.17. The summed E-state index contributed by atoms with van der Waals surface area (Å²) in [5, 5.41) is 0. The second-order valence-corrected chi connectivity index (χ2v) is 9.60. The van der Waals surface area contributed by atoms with Crippen molar-refractivity contribution in [3.8, 4) is 0 Å². The summed E-state index contributed by atoms with van der Waals surface area (Å²) >= 11 is 0. The van der Waals surface area contributed by atoms with Crippen molar-refractivity contribution in [2.75, 3.05) is 13.2 Å². The van der Waals surface area contributed by atoms with E-state index in [0.29, 0.717) is 0 Å². The molecule has 0 bridgehead atoms. The average molecular weight is 172 g/mol. The monoisotopic (exact) mass is 172 g/mol. The SMILES string of the molecule is C=C(COCC)C[Si](C)(C)C. The van der Waals surface area contributed by atoms with E-state index in [-0.39, 0.29) is 0 Å². The number of hydrogen-bond donors (Lipinski definition) is 0. The lowest BCUT2D eigenvalue weighted by atomic mass is 10.4. The van der Waals surface area contributed by atoms with Crippen LogP contribution in [0.3, 0.4) is 0 Å². The van der Waals surface area contributed by atoms with Gasteiger partial charge in [-0.15, -0.1) is 0 Å². The molecule has 0 N–H and O–H groups in total. The van der Waals surface area contributed by atoms with Crippen molar-refractivity contribution in [3.63, 3.8) is 0 Å². The molecule has 0 saturated carbocycles. The van der Waals surface area contributed by atoms with Gasteiger partial charge in [-0.3, -0.25) is 0 Å². The van der Waals surface area contributed by atoms with Crippen molar-refractivity contribution in [2.45, 2.75) is 32.6 Å². The summed E-state index contributed by atoms with van der Waals surface area (Å²) in [4.78, 5) is 0. The highest BCUT2D eigenvalue weighted by molar-refractivity contribution is 6.76. The molecule has 0 rings (SSSR count). The van der Waals surface area contributed by atoms with Crippen LogP contribution in [-0.2, 0) is 4.74 Å². The molecule has 0 amide bonds. The van der Waals surface area contributed by atoms with E-state index in [9.17, 15) is 0 Å². The molecule has 0 aromatic rings. The Balaban J connectivity index is 3.53. The van der Waals surface area contributed by atoms with E-state index in [1.165, 1.54) is 11.6 Å². The van der Waals surface area contributed by atoms with E-state index >= 15 is 0 Å². The van der Waals surface area contributed by atoms with Crippen LogP contribution in [0.4, 0.5) is 0 Å². The molecule has 0 saturated heterocycles. The molecular formula is C9H20OSi. The fraction of sp³-hybridized carbons (Fsp3) is 0.778. The predicted molar refractivity (Wildman–Crippen MR) is 53.8 cm³/mol. The third-order valence-corrected chi connectivity index (χ3v) is 2.85. The molecule has 0 spiro atoms. The molecule has 0 aliphatic carbocycles. The van der Waals surface area contributed by atoms with Crippen molar-refractivity contribution in [1.82, 2.24) is 0 Å². The molecular weight excluding hydrogens is 152 g/mol. The van der Waals surface area contributed by atoms with Gasteiger partial charge in [0.05, 0.1) is 6.61 Å². The normalized spacial score (nSPS) is 11.6. The molecule has 0 aliphatic rings. The molecule has 0 fully saturated rings. The topological polar surface area (TPSA) is 9.23 Å². The van der Waals surface area contributed by atoms with Gasteiger partial charge in [0.15, 0.2) is 0 Å². The van der Waals surface area contributed by atoms with Crippen molar-refractivity contribution in [3.05, 3.63) is 12.2 Å². The molecule has 0 atom stereocenters. The third-order valence-electron chi connectivity index (χ3n) is 1.29. The highest BCUT2D eigenvalue weighted by atomic mass is 28.3. The molecule has 0 aromatic carbocycles. The zero-order valence-corrected chi connectivity index (χ0v) is 9.24. The Labute approximate surface area is 71.5 Å². The van der Waals surface area contributed by atoms with E-state index in [1.807, 2.05) is 6.92 Å². The largest absolute Gasteiger partial charge is 0.377 e. The smallest absolute Gasteiger partial charge is 0.0671 e. The van der Waals surface area contributed by atoms with Gasteiger partial charge in [0.1, 0.15) is 0 Å². The summed E-state index contributed by atoms with van der Waals surface area (Å²) in [5.74, 6) is 0. The van der Waals surface area contributed by atoms with Crippen molar-refractivity contribution < 1.29 is 4.74 Å². The first-order valence-electron chi connectivity index (χ1n) is 4.20. The van der Waals surface area contributed by atoms with Crippen LogP contribution in [0, 0.1) is 0 Å². The zero-order valence-electron chi connectivity index (χ0n) is 8.24. The molecule has 2 heteroatoms. The van der Waals surface area contributed by atoms with Crippen LogP contribution < -0.4 is 0 Å². The van der Waals surface area contributed by atoms with Crippen molar-refractivity contribution in [2.24, 2.45) is 0 Å². The molecule has 0 radical (unpaired) electrons. The number of ether oxygens (including phenoxy) is 1. The highest BCUT2D eigenvalue weighted by Gasteiger charge is 2.13. The minimum absolute atomic E-state index is 0.751. The maximum atomic E-state index is 5.26. The van der Waals surface area contributed by atoms with Gasteiger partial charge in [0, 0.05) is 14.7 Å². The Morgan fingerprint density at radius 2 is 1.91 bits per heavy atom. The van der Waals surface area contributed by atoms with E-state index in [4.69, 9.17) is 4.74 Å². The molecule has 66 valence electrons. The molecule has 11 heavy (non-hydrogen) atoms. The summed E-state index contributed by atoms with van der Waals surface area (Å²) in [5.41, 5.74) is 1.26. The maximum Gasteiger partial charge on any atom is 0.0671 e. The van der Waals surface area contributed by atoms with Crippen LogP contribution in [-0.4, -0.2) is 21.3 Å². The summed E-state index contributed by atoms with van der Waals surface area (Å²) in [6.07, 6.45) is 0. The first-order valence-corrected chi connectivity index (χ1v) is 7.91. The van der Waals surface area contributed by atoms with Crippen LogP contribution in [0.5, 0.6) is 0 Å². The first kappa shape index (κ1) is 10.9. The Hall–Kier alpha value is -0.0831. The maximum absolute atomic E-state index is 5.26. The fourth-order valence-electron chi connectivity index (χ4n) is 1.05. The van der Waals surface area contributed by atoms with Gasteiger partial charge >= 0.3 is 0 Å². The summed E-state index contributed by atoms with van der Waals surface area (Å²) in [6.45, 7) is 14.6. The zero-order chi connectivity index (χ0) is 8.91. The lowest BCUT2D eigenvalue weighted by Crippen LogP contribution is -2.20.